The first-order valence-corrected chi connectivity index (χ1v) is 10.3. The third-order valence-electron chi connectivity index (χ3n) is 5.20. The highest BCUT2D eigenvalue weighted by atomic mass is 32.3. The summed E-state index contributed by atoms with van der Waals surface area (Å²) in [5.74, 6) is 0.830. The lowest BCUT2D eigenvalue weighted by Gasteiger charge is -2.45. The molecule has 4 rings (SSSR count). The summed E-state index contributed by atoms with van der Waals surface area (Å²) in [5, 5.41) is 9.05. The van der Waals surface area contributed by atoms with E-state index in [1.54, 1.807) is 19.7 Å². The molecule has 9 nitrogen and oxygen atoms in total. The summed E-state index contributed by atoms with van der Waals surface area (Å²) in [7, 11) is -3.08. The lowest BCUT2D eigenvalue weighted by Crippen LogP contribution is -2.38. The third-order valence-corrected chi connectivity index (χ3v) is 7.29. The molecule has 3 aliphatic rings. The molecule has 1 aromatic heterocycles. The number of rotatable bonds is 3. The highest BCUT2D eigenvalue weighted by Gasteiger charge is 2.43. The molecule has 0 radical (unpaired) electrons. The molecular weight excluding hydrogens is 356 g/mol. The Hall–Kier alpha value is -1.77. The molecule has 10 heteroatoms. The maximum Gasteiger partial charge on any atom is 0.179 e. The fraction of sp³-hybridized carbons (Fsp3) is 0.625. The Morgan fingerprint density at radius 3 is 2.73 bits per heavy atom. The van der Waals surface area contributed by atoms with E-state index in [4.69, 9.17) is 10.00 Å². The number of morpholine rings is 1. The SMILES string of the molecule is N#CN1CC[C@@H](N2CCN(c3ccnc(N4CCOCC4)c3)S2(O)O)C1. The first-order valence-electron chi connectivity index (χ1n) is 8.86. The van der Waals surface area contributed by atoms with Crippen LogP contribution in [0.4, 0.5) is 11.5 Å². The molecule has 3 aliphatic heterocycles. The van der Waals surface area contributed by atoms with Crippen LogP contribution in [0.15, 0.2) is 18.3 Å². The van der Waals surface area contributed by atoms with Crippen molar-refractivity contribution in [1.29, 1.82) is 5.26 Å². The number of anilines is 2. The zero-order valence-electron chi connectivity index (χ0n) is 14.6. The summed E-state index contributed by atoms with van der Waals surface area (Å²) in [5.41, 5.74) is 0.763. The van der Waals surface area contributed by atoms with Crippen molar-refractivity contribution < 1.29 is 13.8 Å². The Morgan fingerprint density at radius 2 is 2.00 bits per heavy atom. The van der Waals surface area contributed by atoms with Gasteiger partial charge in [0.05, 0.1) is 31.5 Å². The number of aromatic nitrogens is 1. The summed E-state index contributed by atoms with van der Waals surface area (Å²) < 4.78 is 30.7. The van der Waals surface area contributed by atoms with Crippen LogP contribution in [-0.2, 0) is 4.74 Å². The fourth-order valence-corrected chi connectivity index (χ4v) is 5.68. The van der Waals surface area contributed by atoms with Crippen molar-refractivity contribution in [3.8, 4) is 6.19 Å². The standard InChI is InChI=1S/C16H24N6O3S/c17-13-19-4-2-15(12-19)22-6-5-21(26(22,23)24)14-1-3-18-16(11-14)20-7-9-25-10-8-20/h1,3,11,15,23-24H,2,4-10,12H2/t15-/m1/s1. The lowest BCUT2D eigenvalue weighted by molar-refractivity contribution is 0.122. The molecule has 0 amide bonds. The molecular formula is C16H24N6O3S. The zero-order valence-corrected chi connectivity index (χ0v) is 15.4. The Morgan fingerprint density at radius 1 is 1.19 bits per heavy atom. The van der Waals surface area contributed by atoms with Gasteiger partial charge in [-0.15, -0.1) is 0 Å². The van der Waals surface area contributed by atoms with Crippen LogP contribution in [0, 0.1) is 11.5 Å². The maximum absolute atomic E-state index is 10.9. The normalized spacial score (nSPS) is 27.6. The number of ether oxygens (including phenoxy) is 1. The molecule has 3 saturated heterocycles. The van der Waals surface area contributed by atoms with Crippen LogP contribution in [0.3, 0.4) is 0 Å². The van der Waals surface area contributed by atoms with E-state index in [2.05, 4.69) is 16.1 Å². The molecule has 142 valence electrons. The van der Waals surface area contributed by atoms with Crippen molar-refractivity contribution in [3.63, 3.8) is 0 Å². The molecule has 4 heterocycles. The number of pyridine rings is 1. The van der Waals surface area contributed by atoms with Crippen LogP contribution in [0.5, 0.6) is 0 Å². The summed E-state index contributed by atoms with van der Waals surface area (Å²) in [4.78, 5) is 8.25. The third kappa shape index (κ3) is 3.17. The molecule has 0 spiro atoms. The smallest absolute Gasteiger partial charge is 0.179 e. The lowest BCUT2D eigenvalue weighted by atomic mass is 10.2. The van der Waals surface area contributed by atoms with Gasteiger partial charge in [0.25, 0.3) is 0 Å². The van der Waals surface area contributed by atoms with E-state index >= 15 is 0 Å². The second-order valence-electron chi connectivity index (χ2n) is 6.69. The van der Waals surface area contributed by atoms with Crippen molar-refractivity contribution in [2.45, 2.75) is 12.5 Å². The van der Waals surface area contributed by atoms with Crippen molar-refractivity contribution >= 4 is 22.5 Å². The highest BCUT2D eigenvalue weighted by molar-refractivity contribution is 8.23. The van der Waals surface area contributed by atoms with Crippen LogP contribution < -0.4 is 9.21 Å². The second kappa shape index (κ2) is 7.09. The van der Waals surface area contributed by atoms with Gasteiger partial charge in [-0.25, -0.2) is 4.98 Å². The van der Waals surface area contributed by atoms with E-state index < -0.39 is 11.0 Å². The number of nitrogens with zero attached hydrogens (tertiary/aromatic N) is 6. The first kappa shape index (κ1) is 17.6. The van der Waals surface area contributed by atoms with Gasteiger partial charge in [0.15, 0.2) is 6.19 Å². The fourth-order valence-electron chi connectivity index (χ4n) is 3.81. The van der Waals surface area contributed by atoms with Gasteiger partial charge in [0, 0.05) is 45.0 Å². The number of hydrogen-bond acceptors (Lipinski definition) is 9. The van der Waals surface area contributed by atoms with Gasteiger partial charge in [0.2, 0.25) is 0 Å². The minimum absolute atomic E-state index is 0.00907. The van der Waals surface area contributed by atoms with E-state index in [-0.39, 0.29) is 6.04 Å². The van der Waals surface area contributed by atoms with Crippen LogP contribution in [0.25, 0.3) is 0 Å². The van der Waals surface area contributed by atoms with Gasteiger partial charge >= 0.3 is 0 Å². The minimum Gasteiger partial charge on any atom is -0.378 e. The molecule has 0 unspecified atom stereocenters. The summed E-state index contributed by atoms with van der Waals surface area (Å²) in [6.07, 6.45) is 4.63. The minimum atomic E-state index is -3.08. The Balaban J connectivity index is 1.52. The predicted molar refractivity (Wildman–Crippen MR) is 99.8 cm³/mol. The molecule has 1 aromatic rings. The molecule has 0 aromatic carbocycles. The van der Waals surface area contributed by atoms with E-state index in [0.29, 0.717) is 39.4 Å². The monoisotopic (exact) mass is 380 g/mol. The average molecular weight is 380 g/mol. The van der Waals surface area contributed by atoms with Gasteiger partial charge < -0.3 is 14.5 Å². The van der Waals surface area contributed by atoms with Gasteiger partial charge in [0.1, 0.15) is 5.82 Å². The largest absolute Gasteiger partial charge is 0.378 e. The molecule has 0 bridgehead atoms. The molecule has 1 atom stereocenters. The van der Waals surface area contributed by atoms with E-state index in [0.717, 1.165) is 31.0 Å². The van der Waals surface area contributed by atoms with Crippen LogP contribution in [-0.4, -0.2) is 81.8 Å². The van der Waals surface area contributed by atoms with Gasteiger partial charge in [-0.2, -0.15) is 9.57 Å². The van der Waals surface area contributed by atoms with E-state index in [1.807, 2.05) is 12.1 Å². The Labute approximate surface area is 155 Å². The van der Waals surface area contributed by atoms with Crippen molar-refractivity contribution in [1.82, 2.24) is 14.2 Å². The summed E-state index contributed by atoms with van der Waals surface area (Å²) in [6, 6.07) is 3.72. The number of nitriles is 1. The maximum atomic E-state index is 10.9. The van der Waals surface area contributed by atoms with Crippen molar-refractivity contribution in [3.05, 3.63) is 18.3 Å². The quantitative estimate of drug-likeness (QED) is 0.749. The van der Waals surface area contributed by atoms with Crippen LogP contribution in [0.2, 0.25) is 0 Å². The van der Waals surface area contributed by atoms with E-state index in [9.17, 15) is 9.11 Å². The van der Waals surface area contributed by atoms with E-state index in [1.165, 1.54) is 0 Å². The number of hydrogen-bond donors (Lipinski definition) is 2. The highest BCUT2D eigenvalue weighted by Crippen LogP contribution is 2.55. The number of likely N-dealkylation sites (tertiary alicyclic amines) is 1. The topological polar surface area (TPSA) is 99.3 Å². The summed E-state index contributed by atoms with van der Waals surface area (Å²) >= 11 is 0. The van der Waals surface area contributed by atoms with Gasteiger partial charge in [-0.1, -0.05) is 11.0 Å². The van der Waals surface area contributed by atoms with Crippen LogP contribution >= 0.6 is 11.0 Å². The molecule has 3 fully saturated rings. The first-order chi connectivity index (χ1) is 12.6. The Kier molecular flexibility index (Phi) is 4.81. The second-order valence-corrected chi connectivity index (χ2v) is 8.58. The molecule has 26 heavy (non-hydrogen) atoms. The average Bonchev–Trinajstić information content (AvgIpc) is 3.26. The molecule has 0 aliphatic carbocycles. The Bertz CT molecular complexity index is 693. The van der Waals surface area contributed by atoms with Crippen molar-refractivity contribution in [2.75, 3.05) is 61.7 Å². The van der Waals surface area contributed by atoms with Crippen LogP contribution in [0.1, 0.15) is 6.42 Å². The zero-order chi connectivity index (χ0) is 18.1. The predicted octanol–water partition coefficient (Wildman–Crippen LogP) is 1.18. The summed E-state index contributed by atoms with van der Waals surface area (Å²) in [6.45, 7) is 5.25. The molecule has 0 saturated carbocycles. The van der Waals surface area contributed by atoms with Gasteiger partial charge in [-0.05, 0) is 12.5 Å². The van der Waals surface area contributed by atoms with Crippen molar-refractivity contribution in [2.24, 2.45) is 0 Å². The molecule has 2 N–H and O–H groups in total. The van der Waals surface area contributed by atoms with Gasteiger partial charge in [-0.3, -0.25) is 13.4 Å².